The molecule has 0 aromatic carbocycles. The van der Waals surface area contributed by atoms with E-state index in [1.165, 1.54) is 0 Å². The van der Waals surface area contributed by atoms with Crippen molar-refractivity contribution in [3.05, 3.63) is 24.3 Å². The zero-order valence-corrected chi connectivity index (χ0v) is 8.30. The molecule has 1 atom stereocenters. The van der Waals surface area contributed by atoms with E-state index in [1.54, 1.807) is 0 Å². The summed E-state index contributed by atoms with van der Waals surface area (Å²) in [5.41, 5.74) is 0. The summed E-state index contributed by atoms with van der Waals surface area (Å²) in [5.74, 6) is -8.76. The number of alkyl halides is 6. The Hall–Kier alpha value is -1.22. The van der Waals surface area contributed by atoms with Crippen molar-refractivity contribution >= 4 is 0 Å². The second kappa shape index (κ2) is 8.81. The SMILES string of the molecule is FC=C(F)C(F)(F)CF.FC=C(F)C(F)C(F)F. The Bertz CT molecular complexity index is 282. The largest absolute Gasteiger partial charge is 0.328 e. The van der Waals surface area contributed by atoms with Gasteiger partial charge in [0.15, 0.2) is 18.3 Å². The van der Waals surface area contributed by atoms with Crippen LogP contribution in [0.4, 0.5) is 43.9 Å². The summed E-state index contributed by atoms with van der Waals surface area (Å²) in [6.07, 6.45) is -8.41. The Balaban J connectivity index is 0. The van der Waals surface area contributed by atoms with Crippen LogP contribution in [0.1, 0.15) is 0 Å². The lowest BCUT2D eigenvalue weighted by atomic mass is 10.3. The second-order valence-electron chi connectivity index (χ2n) is 2.53. The van der Waals surface area contributed by atoms with Crippen molar-refractivity contribution in [2.75, 3.05) is 6.67 Å². The summed E-state index contributed by atoms with van der Waals surface area (Å²) < 4.78 is 112. The van der Waals surface area contributed by atoms with E-state index in [9.17, 15) is 43.9 Å². The zero-order chi connectivity index (χ0) is 14.9. The molecule has 10 heteroatoms. The lowest BCUT2D eigenvalue weighted by Gasteiger charge is -2.05. The molecule has 0 aromatic rings. The van der Waals surface area contributed by atoms with E-state index >= 15 is 0 Å². The van der Waals surface area contributed by atoms with Crippen molar-refractivity contribution in [1.29, 1.82) is 0 Å². The zero-order valence-electron chi connectivity index (χ0n) is 8.30. The van der Waals surface area contributed by atoms with Crippen molar-refractivity contribution in [2.45, 2.75) is 18.5 Å². The highest BCUT2D eigenvalue weighted by Crippen LogP contribution is 2.25. The molecule has 0 N–H and O–H groups in total. The van der Waals surface area contributed by atoms with Crippen molar-refractivity contribution in [1.82, 2.24) is 0 Å². The minimum absolute atomic E-state index is 0.823. The monoisotopic (exact) mass is 292 g/mol. The molecule has 0 aliphatic rings. The van der Waals surface area contributed by atoms with E-state index in [0.29, 0.717) is 0 Å². The van der Waals surface area contributed by atoms with Crippen LogP contribution in [0.25, 0.3) is 0 Å². The van der Waals surface area contributed by atoms with E-state index in [1.807, 2.05) is 0 Å². The maximum Gasteiger partial charge on any atom is 0.328 e. The highest BCUT2D eigenvalue weighted by atomic mass is 19.3. The van der Waals surface area contributed by atoms with Gasteiger partial charge in [-0.1, -0.05) is 0 Å². The van der Waals surface area contributed by atoms with E-state index in [0.717, 1.165) is 0 Å². The smallest absolute Gasteiger partial charge is 0.244 e. The van der Waals surface area contributed by atoms with Crippen LogP contribution in [0.2, 0.25) is 0 Å². The topological polar surface area (TPSA) is 0 Å². The summed E-state index contributed by atoms with van der Waals surface area (Å²) in [7, 11) is 0. The summed E-state index contributed by atoms with van der Waals surface area (Å²) in [5, 5.41) is 0. The van der Waals surface area contributed by atoms with Gasteiger partial charge >= 0.3 is 5.92 Å². The molecule has 1 unspecified atom stereocenters. The molecule has 0 saturated carbocycles. The Kier molecular flexibility index (Phi) is 9.36. The molecule has 0 saturated heterocycles. The molecule has 0 amide bonds. The van der Waals surface area contributed by atoms with Crippen LogP contribution in [0.15, 0.2) is 24.3 Å². The Morgan fingerprint density at radius 2 is 1.44 bits per heavy atom. The summed E-state index contributed by atoms with van der Waals surface area (Å²) in [4.78, 5) is 0. The Morgan fingerprint density at radius 3 is 1.56 bits per heavy atom. The van der Waals surface area contributed by atoms with Gasteiger partial charge in [0.05, 0.1) is 0 Å². The van der Waals surface area contributed by atoms with Gasteiger partial charge in [0.25, 0.3) is 6.43 Å². The number of rotatable bonds is 4. The molecule has 0 aliphatic heterocycles. The van der Waals surface area contributed by atoms with Crippen molar-refractivity contribution in [3.63, 3.8) is 0 Å². The first-order valence-corrected chi connectivity index (χ1v) is 3.92. The molecule has 0 heterocycles. The van der Waals surface area contributed by atoms with Gasteiger partial charge in [0, 0.05) is 0 Å². The van der Waals surface area contributed by atoms with Gasteiger partial charge in [-0.25, -0.2) is 35.1 Å². The number of hydrogen-bond acceptors (Lipinski definition) is 0. The van der Waals surface area contributed by atoms with Crippen LogP contribution in [-0.2, 0) is 0 Å². The van der Waals surface area contributed by atoms with Crippen molar-refractivity contribution in [3.8, 4) is 0 Å². The number of halogens is 10. The van der Waals surface area contributed by atoms with Crippen LogP contribution < -0.4 is 0 Å². The first-order valence-electron chi connectivity index (χ1n) is 3.92. The average Bonchev–Trinajstić information content (AvgIpc) is 2.36. The van der Waals surface area contributed by atoms with Gasteiger partial charge in [-0.3, -0.25) is 0 Å². The van der Waals surface area contributed by atoms with Crippen LogP contribution in [0.5, 0.6) is 0 Å². The molecular formula is C8H6F10. The fourth-order valence-corrected chi connectivity index (χ4v) is 0.324. The molecule has 0 radical (unpaired) electrons. The average molecular weight is 292 g/mol. The van der Waals surface area contributed by atoms with Crippen LogP contribution in [0, 0.1) is 0 Å². The van der Waals surface area contributed by atoms with Crippen LogP contribution in [0.3, 0.4) is 0 Å². The quantitative estimate of drug-likeness (QED) is 0.656. The van der Waals surface area contributed by atoms with E-state index in [2.05, 4.69) is 0 Å². The first kappa shape index (κ1) is 19.1. The lowest BCUT2D eigenvalue weighted by Crippen LogP contribution is -2.18. The lowest BCUT2D eigenvalue weighted by molar-refractivity contribution is -0.00695. The first-order chi connectivity index (χ1) is 8.13. The summed E-state index contributed by atoms with van der Waals surface area (Å²) in [6, 6.07) is 0. The van der Waals surface area contributed by atoms with Gasteiger partial charge < -0.3 is 0 Å². The molecule has 108 valence electrons. The Morgan fingerprint density at radius 1 is 1.00 bits per heavy atom. The fraction of sp³-hybridized carbons (Fsp3) is 0.500. The van der Waals surface area contributed by atoms with E-state index in [-0.39, 0.29) is 0 Å². The third-order valence-electron chi connectivity index (χ3n) is 1.20. The summed E-state index contributed by atoms with van der Waals surface area (Å²) >= 11 is 0. The predicted molar refractivity (Wildman–Crippen MR) is 42.4 cm³/mol. The molecule has 0 bridgehead atoms. The number of hydrogen-bond donors (Lipinski definition) is 0. The van der Waals surface area contributed by atoms with E-state index in [4.69, 9.17) is 0 Å². The third-order valence-corrected chi connectivity index (χ3v) is 1.20. The molecule has 0 fully saturated rings. The van der Waals surface area contributed by atoms with Gasteiger partial charge in [-0.05, 0) is 0 Å². The molecular weight excluding hydrogens is 286 g/mol. The molecule has 0 nitrogen and oxygen atoms in total. The highest BCUT2D eigenvalue weighted by molar-refractivity contribution is 4.99. The Labute approximate surface area is 94.6 Å². The molecule has 0 aromatic heterocycles. The summed E-state index contributed by atoms with van der Waals surface area (Å²) in [6.45, 7) is -2.22. The maximum atomic E-state index is 11.5. The maximum absolute atomic E-state index is 11.5. The van der Waals surface area contributed by atoms with Gasteiger partial charge in [-0.15, -0.1) is 0 Å². The predicted octanol–water partition coefficient (Wildman–Crippen LogP) is 4.74. The van der Waals surface area contributed by atoms with Gasteiger partial charge in [0.1, 0.15) is 12.7 Å². The molecule has 0 aliphatic carbocycles. The highest BCUT2D eigenvalue weighted by Gasteiger charge is 2.35. The van der Waals surface area contributed by atoms with Gasteiger partial charge in [0.2, 0.25) is 6.17 Å². The van der Waals surface area contributed by atoms with Crippen molar-refractivity contribution in [2.24, 2.45) is 0 Å². The normalized spacial score (nSPS) is 15.3. The second-order valence-corrected chi connectivity index (χ2v) is 2.53. The van der Waals surface area contributed by atoms with Crippen molar-refractivity contribution < 1.29 is 43.9 Å². The minimum Gasteiger partial charge on any atom is -0.244 e. The van der Waals surface area contributed by atoms with Gasteiger partial charge in [-0.2, -0.15) is 8.78 Å². The fourth-order valence-electron chi connectivity index (χ4n) is 0.324. The molecule has 0 spiro atoms. The molecule has 0 rings (SSSR count). The molecule has 18 heavy (non-hydrogen) atoms. The minimum atomic E-state index is -4.30. The number of allylic oxidation sites excluding steroid dienone is 2. The van der Waals surface area contributed by atoms with Crippen LogP contribution >= 0.6 is 0 Å². The van der Waals surface area contributed by atoms with E-state index < -0.39 is 49.5 Å². The standard InChI is InChI=1S/2C4H3F5/c5-1-3(7)4(8,9)2-6;5-1-2(6)3(7)4(8)9/h1H,2H2;1,3-4H. The third kappa shape index (κ3) is 7.17. The van der Waals surface area contributed by atoms with Crippen LogP contribution in [-0.4, -0.2) is 25.2 Å².